The van der Waals surface area contributed by atoms with Gasteiger partial charge in [0.25, 0.3) is 11.5 Å². The van der Waals surface area contributed by atoms with Gasteiger partial charge in [-0.05, 0) is 44.4 Å². The zero-order valence-corrected chi connectivity index (χ0v) is 17.4. The Balaban J connectivity index is 1.80. The Morgan fingerprint density at radius 2 is 2.07 bits per heavy atom. The van der Waals surface area contributed by atoms with E-state index in [1.54, 1.807) is 49.1 Å². The minimum Gasteiger partial charge on any atom is -0.388 e. The third-order valence-corrected chi connectivity index (χ3v) is 5.72. The number of aryl methyl sites for hydroxylation is 1. The molecule has 30 heavy (non-hydrogen) atoms. The Kier molecular flexibility index (Phi) is 5.21. The number of hydrogen-bond donors (Lipinski definition) is 2. The molecule has 0 aliphatic heterocycles. The topological polar surface area (TPSA) is 102 Å². The summed E-state index contributed by atoms with van der Waals surface area (Å²) < 4.78 is 2.71. The number of rotatable bonds is 4. The highest BCUT2D eigenvalue weighted by atomic mass is 35.5. The van der Waals surface area contributed by atoms with E-state index in [1.165, 1.54) is 16.9 Å². The Morgan fingerprint density at radius 3 is 2.67 bits per heavy atom. The molecule has 1 fully saturated rings. The molecule has 9 heteroatoms. The Bertz CT molecular complexity index is 1150. The highest BCUT2D eigenvalue weighted by molar-refractivity contribution is 6.30. The lowest BCUT2D eigenvalue weighted by Crippen LogP contribution is -2.48. The lowest BCUT2D eigenvalue weighted by atomic mass is 10.00. The summed E-state index contributed by atoms with van der Waals surface area (Å²) in [7, 11) is 1.73. The first-order valence-electron chi connectivity index (χ1n) is 9.67. The molecule has 1 aliphatic rings. The lowest BCUT2D eigenvalue weighted by Gasteiger charge is -2.26. The fraction of sp³-hybridized carbons (Fsp3) is 0.333. The number of hydrogen-bond acceptors (Lipinski definition) is 5. The van der Waals surface area contributed by atoms with E-state index in [1.807, 2.05) is 0 Å². The largest absolute Gasteiger partial charge is 0.388 e. The van der Waals surface area contributed by atoms with E-state index in [0.717, 1.165) is 6.42 Å². The number of carbonyl (C=O) groups is 1. The molecule has 0 radical (unpaired) electrons. The average Bonchev–Trinajstić information content (AvgIpc) is 3.27. The summed E-state index contributed by atoms with van der Waals surface area (Å²) >= 11 is 5.98. The third-order valence-electron chi connectivity index (χ3n) is 5.46. The number of halogens is 1. The second-order valence-electron chi connectivity index (χ2n) is 7.81. The number of carbonyl (C=O) groups excluding carboxylic acids is 1. The highest BCUT2D eigenvalue weighted by Crippen LogP contribution is 2.29. The van der Waals surface area contributed by atoms with Crippen LogP contribution in [0, 0.1) is 0 Å². The molecule has 1 saturated carbocycles. The molecule has 2 heterocycles. The predicted octanol–water partition coefficient (Wildman–Crippen LogP) is 2.32. The van der Waals surface area contributed by atoms with E-state index >= 15 is 0 Å². The average molecular weight is 428 g/mol. The van der Waals surface area contributed by atoms with Gasteiger partial charge >= 0.3 is 0 Å². The van der Waals surface area contributed by atoms with Crippen LogP contribution in [0.25, 0.3) is 16.9 Å². The van der Waals surface area contributed by atoms with Crippen LogP contribution in [0.3, 0.4) is 0 Å². The fourth-order valence-corrected chi connectivity index (χ4v) is 3.85. The van der Waals surface area contributed by atoms with Crippen LogP contribution >= 0.6 is 11.6 Å². The maximum atomic E-state index is 13.1. The van der Waals surface area contributed by atoms with Crippen molar-refractivity contribution in [2.75, 3.05) is 0 Å². The van der Waals surface area contributed by atoms with Gasteiger partial charge in [0.05, 0.1) is 29.7 Å². The molecule has 8 nitrogen and oxygen atoms in total. The van der Waals surface area contributed by atoms with Crippen molar-refractivity contribution >= 4 is 17.5 Å². The van der Waals surface area contributed by atoms with Crippen LogP contribution in [-0.2, 0) is 7.05 Å². The van der Waals surface area contributed by atoms with E-state index in [-0.39, 0.29) is 5.56 Å². The maximum absolute atomic E-state index is 13.1. The summed E-state index contributed by atoms with van der Waals surface area (Å²) in [5.74, 6) is -0.539. The number of aliphatic hydroxyl groups is 1. The Morgan fingerprint density at radius 1 is 1.33 bits per heavy atom. The molecule has 0 spiro atoms. The standard InChI is InChI=1S/C21H22ClN5O3/c1-21(30)9-3-4-18(21)24-19(28)16-10-17(13-5-7-14(22)8-6-13)25-27(20(16)29)15-11-23-26(2)12-15/h5-8,10-12,18,30H,3-4,9H2,1-2H3,(H,24,28). The van der Waals surface area contributed by atoms with Gasteiger partial charge in [-0.1, -0.05) is 23.7 Å². The van der Waals surface area contributed by atoms with Crippen molar-refractivity contribution < 1.29 is 9.90 Å². The van der Waals surface area contributed by atoms with Gasteiger partial charge in [-0.15, -0.1) is 0 Å². The molecule has 2 unspecified atom stereocenters. The van der Waals surface area contributed by atoms with Gasteiger partial charge in [-0.3, -0.25) is 14.3 Å². The minimum atomic E-state index is -0.996. The monoisotopic (exact) mass is 427 g/mol. The van der Waals surface area contributed by atoms with Crippen molar-refractivity contribution in [1.29, 1.82) is 0 Å². The van der Waals surface area contributed by atoms with E-state index in [4.69, 9.17) is 11.6 Å². The van der Waals surface area contributed by atoms with Crippen LogP contribution in [0.1, 0.15) is 36.5 Å². The fourth-order valence-electron chi connectivity index (χ4n) is 3.72. The molecular formula is C21H22ClN5O3. The van der Waals surface area contributed by atoms with Crippen LogP contribution < -0.4 is 10.9 Å². The number of nitrogens with one attached hydrogen (secondary N) is 1. The summed E-state index contributed by atoms with van der Waals surface area (Å²) in [6, 6.07) is 8.03. The Hall–Kier alpha value is -2.97. The summed E-state index contributed by atoms with van der Waals surface area (Å²) in [4.78, 5) is 26.1. The normalized spacial score (nSPS) is 21.0. The van der Waals surface area contributed by atoms with Crippen LogP contribution in [0.5, 0.6) is 0 Å². The van der Waals surface area contributed by atoms with Crippen molar-refractivity contribution in [2.45, 2.75) is 37.8 Å². The maximum Gasteiger partial charge on any atom is 0.284 e. The predicted molar refractivity (Wildman–Crippen MR) is 113 cm³/mol. The van der Waals surface area contributed by atoms with E-state index in [2.05, 4.69) is 15.5 Å². The quantitative estimate of drug-likeness (QED) is 0.665. The number of aromatic nitrogens is 4. The van der Waals surface area contributed by atoms with Crippen LogP contribution in [0.2, 0.25) is 5.02 Å². The van der Waals surface area contributed by atoms with E-state index < -0.39 is 23.1 Å². The van der Waals surface area contributed by atoms with Gasteiger partial charge in [-0.25, -0.2) is 0 Å². The van der Waals surface area contributed by atoms with Crippen molar-refractivity contribution in [3.8, 4) is 16.9 Å². The lowest BCUT2D eigenvalue weighted by molar-refractivity contribution is 0.0367. The number of nitrogens with zero attached hydrogens (tertiary/aromatic N) is 4. The first kappa shape index (κ1) is 20.3. The number of amides is 1. The molecule has 1 aliphatic carbocycles. The SMILES string of the molecule is Cn1cc(-n2nc(-c3ccc(Cl)cc3)cc(C(=O)NC3CCCC3(C)O)c2=O)cn1. The van der Waals surface area contributed by atoms with Gasteiger partial charge in [0.2, 0.25) is 0 Å². The molecule has 2 N–H and O–H groups in total. The molecule has 3 aromatic rings. The summed E-state index contributed by atoms with van der Waals surface area (Å²) in [6.07, 6.45) is 5.21. The third kappa shape index (κ3) is 3.88. The van der Waals surface area contributed by atoms with E-state index in [9.17, 15) is 14.7 Å². The van der Waals surface area contributed by atoms with Gasteiger partial charge in [0, 0.05) is 17.6 Å². The summed E-state index contributed by atoms with van der Waals surface area (Å²) in [5.41, 5.74) is -0.0145. The van der Waals surface area contributed by atoms with Crippen molar-refractivity contribution in [1.82, 2.24) is 24.9 Å². The molecule has 1 amide bonds. The molecule has 4 rings (SSSR count). The van der Waals surface area contributed by atoms with Gasteiger partial charge in [0.15, 0.2) is 0 Å². The van der Waals surface area contributed by atoms with Crippen LogP contribution in [-0.4, -0.2) is 42.2 Å². The molecule has 0 saturated heterocycles. The molecular weight excluding hydrogens is 406 g/mol. The second kappa shape index (κ2) is 7.70. The smallest absolute Gasteiger partial charge is 0.284 e. The van der Waals surface area contributed by atoms with E-state index in [0.29, 0.717) is 34.8 Å². The second-order valence-corrected chi connectivity index (χ2v) is 8.25. The first-order chi connectivity index (χ1) is 14.2. The number of benzene rings is 1. The van der Waals surface area contributed by atoms with Crippen LogP contribution in [0.15, 0.2) is 47.5 Å². The van der Waals surface area contributed by atoms with Crippen molar-refractivity contribution in [2.24, 2.45) is 7.05 Å². The summed E-state index contributed by atoms with van der Waals surface area (Å²) in [5, 5.41) is 22.4. The first-order valence-corrected chi connectivity index (χ1v) is 10.0. The molecule has 0 bridgehead atoms. The van der Waals surface area contributed by atoms with Gasteiger partial charge in [-0.2, -0.15) is 14.9 Å². The highest BCUT2D eigenvalue weighted by Gasteiger charge is 2.38. The van der Waals surface area contributed by atoms with Crippen molar-refractivity contribution in [3.05, 3.63) is 63.7 Å². The Labute approximate surface area is 178 Å². The van der Waals surface area contributed by atoms with Crippen LogP contribution in [0.4, 0.5) is 0 Å². The molecule has 156 valence electrons. The molecule has 2 atom stereocenters. The molecule has 1 aromatic carbocycles. The van der Waals surface area contributed by atoms with Crippen molar-refractivity contribution in [3.63, 3.8) is 0 Å². The van der Waals surface area contributed by atoms with Gasteiger partial charge in [0.1, 0.15) is 11.3 Å². The van der Waals surface area contributed by atoms with Gasteiger partial charge < -0.3 is 10.4 Å². The minimum absolute atomic E-state index is 0.0542. The zero-order valence-electron chi connectivity index (χ0n) is 16.7. The summed E-state index contributed by atoms with van der Waals surface area (Å²) in [6.45, 7) is 1.70. The molecule has 2 aromatic heterocycles. The zero-order chi connectivity index (χ0) is 21.5.